The second-order valence-corrected chi connectivity index (χ2v) is 3.90. The highest BCUT2D eigenvalue weighted by Crippen LogP contribution is 2.21. The number of nitrogens with zero attached hydrogens (tertiary/aromatic N) is 2. The van der Waals surface area contributed by atoms with E-state index < -0.39 is 0 Å². The van der Waals surface area contributed by atoms with Gasteiger partial charge in [0, 0.05) is 24.2 Å². The van der Waals surface area contributed by atoms with E-state index in [9.17, 15) is 0 Å². The molecule has 0 aliphatic heterocycles. The second-order valence-electron chi connectivity index (χ2n) is 3.08. The molecule has 0 saturated heterocycles. The van der Waals surface area contributed by atoms with Crippen LogP contribution in [0.25, 0.3) is 11.3 Å². The molecule has 2 aromatic heterocycles. The third-order valence-corrected chi connectivity index (χ3v) is 2.41. The van der Waals surface area contributed by atoms with Crippen LogP contribution in [-0.2, 0) is 6.42 Å². The number of nitrogens with two attached hydrogens (primary N) is 1. The van der Waals surface area contributed by atoms with Gasteiger partial charge in [-0.15, -0.1) is 0 Å². The minimum atomic E-state index is 0.564. The van der Waals surface area contributed by atoms with Gasteiger partial charge in [-0.1, -0.05) is 5.16 Å². The van der Waals surface area contributed by atoms with E-state index in [1.807, 2.05) is 18.2 Å². The maximum atomic E-state index is 5.43. The molecular formula is C10H10BrN3O. The van der Waals surface area contributed by atoms with Gasteiger partial charge >= 0.3 is 0 Å². The van der Waals surface area contributed by atoms with Gasteiger partial charge in [-0.2, -0.15) is 0 Å². The van der Waals surface area contributed by atoms with Crippen molar-refractivity contribution in [2.75, 3.05) is 6.54 Å². The van der Waals surface area contributed by atoms with Crippen molar-refractivity contribution in [2.24, 2.45) is 5.73 Å². The SMILES string of the molecule is NCCc1cc(-c2ccnc(Br)c2)no1. The third kappa shape index (κ3) is 2.43. The highest BCUT2D eigenvalue weighted by Gasteiger charge is 2.06. The quantitative estimate of drug-likeness (QED) is 0.865. The molecule has 0 spiro atoms. The Labute approximate surface area is 95.6 Å². The molecule has 0 unspecified atom stereocenters. The maximum Gasteiger partial charge on any atom is 0.138 e. The molecule has 2 heterocycles. The Bertz CT molecular complexity index is 455. The summed E-state index contributed by atoms with van der Waals surface area (Å²) in [6.07, 6.45) is 2.43. The average Bonchev–Trinajstić information content (AvgIpc) is 2.67. The van der Waals surface area contributed by atoms with Crippen LogP contribution in [0.15, 0.2) is 33.5 Å². The summed E-state index contributed by atoms with van der Waals surface area (Å²) in [5.41, 5.74) is 7.21. The Morgan fingerprint density at radius 3 is 3.00 bits per heavy atom. The van der Waals surface area contributed by atoms with Crippen molar-refractivity contribution in [2.45, 2.75) is 6.42 Å². The van der Waals surface area contributed by atoms with Gasteiger partial charge in [-0.3, -0.25) is 0 Å². The van der Waals surface area contributed by atoms with E-state index in [1.54, 1.807) is 6.20 Å². The summed E-state index contributed by atoms with van der Waals surface area (Å²) in [6.45, 7) is 0.564. The minimum absolute atomic E-state index is 0.564. The Hall–Kier alpha value is -1.20. The predicted molar refractivity (Wildman–Crippen MR) is 60.2 cm³/mol. The molecule has 0 aliphatic rings. The van der Waals surface area contributed by atoms with Crippen LogP contribution in [0.2, 0.25) is 0 Å². The molecule has 2 rings (SSSR count). The second kappa shape index (κ2) is 4.55. The molecule has 0 saturated carbocycles. The predicted octanol–water partition coefficient (Wildman–Crippen LogP) is 2.00. The zero-order chi connectivity index (χ0) is 10.7. The molecule has 0 aromatic carbocycles. The Morgan fingerprint density at radius 2 is 2.27 bits per heavy atom. The van der Waals surface area contributed by atoms with Crippen LogP contribution in [0.5, 0.6) is 0 Å². The van der Waals surface area contributed by atoms with Crippen LogP contribution in [-0.4, -0.2) is 16.7 Å². The summed E-state index contributed by atoms with van der Waals surface area (Å²) in [4.78, 5) is 4.05. The lowest BCUT2D eigenvalue weighted by Crippen LogP contribution is -2.01. The van der Waals surface area contributed by atoms with Gasteiger partial charge in [0.1, 0.15) is 16.1 Å². The summed E-state index contributed by atoms with van der Waals surface area (Å²) in [7, 11) is 0. The molecule has 0 amide bonds. The first-order chi connectivity index (χ1) is 7.29. The fraction of sp³-hybridized carbons (Fsp3) is 0.200. The summed E-state index contributed by atoms with van der Waals surface area (Å²) in [5.74, 6) is 0.806. The average molecular weight is 268 g/mol. The van der Waals surface area contributed by atoms with Crippen LogP contribution in [0.4, 0.5) is 0 Å². The molecule has 0 atom stereocenters. The smallest absolute Gasteiger partial charge is 0.138 e. The lowest BCUT2D eigenvalue weighted by molar-refractivity contribution is 0.386. The topological polar surface area (TPSA) is 64.9 Å². The Balaban J connectivity index is 2.29. The minimum Gasteiger partial charge on any atom is -0.361 e. The number of hydrogen-bond donors (Lipinski definition) is 1. The summed E-state index contributed by atoms with van der Waals surface area (Å²) >= 11 is 3.31. The zero-order valence-corrected chi connectivity index (χ0v) is 9.57. The van der Waals surface area contributed by atoms with Gasteiger partial charge in [0.25, 0.3) is 0 Å². The van der Waals surface area contributed by atoms with E-state index in [0.29, 0.717) is 13.0 Å². The molecule has 0 aliphatic carbocycles. The van der Waals surface area contributed by atoms with Crippen molar-refractivity contribution in [3.05, 3.63) is 34.8 Å². The van der Waals surface area contributed by atoms with E-state index in [1.165, 1.54) is 0 Å². The van der Waals surface area contributed by atoms with Crippen molar-refractivity contribution in [1.82, 2.24) is 10.1 Å². The lowest BCUT2D eigenvalue weighted by Gasteiger charge is -1.94. The standard InChI is InChI=1S/C10H10BrN3O/c11-10-5-7(2-4-13-10)9-6-8(1-3-12)15-14-9/h2,4-6H,1,3,12H2. The fourth-order valence-electron chi connectivity index (χ4n) is 1.27. The number of hydrogen-bond acceptors (Lipinski definition) is 4. The van der Waals surface area contributed by atoms with Gasteiger partial charge in [0.15, 0.2) is 0 Å². The van der Waals surface area contributed by atoms with Crippen LogP contribution in [0.3, 0.4) is 0 Å². The summed E-state index contributed by atoms with van der Waals surface area (Å²) in [5, 5.41) is 3.97. The third-order valence-electron chi connectivity index (χ3n) is 1.97. The van der Waals surface area contributed by atoms with E-state index in [4.69, 9.17) is 10.3 Å². The Morgan fingerprint density at radius 1 is 1.40 bits per heavy atom. The van der Waals surface area contributed by atoms with Crippen LogP contribution in [0.1, 0.15) is 5.76 Å². The zero-order valence-electron chi connectivity index (χ0n) is 7.98. The molecule has 0 bridgehead atoms. The van der Waals surface area contributed by atoms with Gasteiger partial charge in [-0.05, 0) is 34.6 Å². The summed E-state index contributed by atoms with van der Waals surface area (Å²) in [6, 6.07) is 5.67. The molecule has 78 valence electrons. The molecule has 4 nitrogen and oxygen atoms in total. The van der Waals surface area contributed by atoms with Gasteiger partial charge in [0.2, 0.25) is 0 Å². The van der Waals surface area contributed by atoms with Crippen molar-refractivity contribution in [3.63, 3.8) is 0 Å². The lowest BCUT2D eigenvalue weighted by atomic mass is 10.2. The van der Waals surface area contributed by atoms with Crippen molar-refractivity contribution >= 4 is 15.9 Å². The number of pyridine rings is 1. The van der Waals surface area contributed by atoms with E-state index in [2.05, 4.69) is 26.1 Å². The van der Waals surface area contributed by atoms with E-state index in [0.717, 1.165) is 21.6 Å². The van der Waals surface area contributed by atoms with Gasteiger partial charge < -0.3 is 10.3 Å². The maximum absolute atomic E-state index is 5.43. The van der Waals surface area contributed by atoms with E-state index in [-0.39, 0.29) is 0 Å². The number of aromatic nitrogens is 2. The largest absolute Gasteiger partial charge is 0.361 e. The molecule has 15 heavy (non-hydrogen) atoms. The van der Waals surface area contributed by atoms with Crippen molar-refractivity contribution in [3.8, 4) is 11.3 Å². The summed E-state index contributed by atoms with van der Waals surface area (Å²) < 4.78 is 5.91. The molecular weight excluding hydrogens is 258 g/mol. The van der Waals surface area contributed by atoms with Crippen molar-refractivity contribution in [1.29, 1.82) is 0 Å². The molecule has 2 aromatic rings. The highest BCUT2D eigenvalue weighted by atomic mass is 79.9. The first-order valence-corrected chi connectivity index (χ1v) is 5.36. The molecule has 0 radical (unpaired) electrons. The van der Waals surface area contributed by atoms with Gasteiger partial charge in [0.05, 0.1) is 0 Å². The first kappa shape index (κ1) is 10.3. The van der Waals surface area contributed by atoms with Crippen LogP contribution >= 0.6 is 15.9 Å². The highest BCUT2D eigenvalue weighted by molar-refractivity contribution is 9.10. The monoisotopic (exact) mass is 267 g/mol. The first-order valence-electron chi connectivity index (χ1n) is 4.57. The molecule has 0 fully saturated rings. The van der Waals surface area contributed by atoms with Crippen LogP contribution < -0.4 is 5.73 Å². The number of rotatable bonds is 3. The molecule has 5 heteroatoms. The normalized spacial score (nSPS) is 10.5. The van der Waals surface area contributed by atoms with Crippen LogP contribution in [0, 0.1) is 0 Å². The van der Waals surface area contributed by atoms with Crippen molar-refractivity contribution < 1.29 is 4.52 Å². The molecule has 2 N–H and O–H groups in total. The van der Waals surface area contributed by atoms with Gasteiger partial charge in [-0.25, -0.2) is 4.98 Å². The number of halogens is 1. The fourth-order valence-corrected chi connectivity index (χ4v) is 1.64. The van der Waals surface area contributed by atoms with E-state index >= 15 is 0 Å². The Kier molecular flexibility index (Phi) is 3.13.